The summed E-state index contributed by atoms with van der Waals surface area (Å²) >= 11 is 0. The van der Waals surface area contributed by atoms with Crippen molar-refractivity contribution < 1.29 is 13.5 Å². The van der Waals surface area contributed by atoms with Crippen molar-refractivity contribution in [2.45, 2.75) is 45.1 Å². The second kappa shape index (κ2) is 5.47. The number of hydrogen-bond donors (Lipinski definition) is 1. The molecule has 2 unspecified atom stereocenters. The molecule has 1 heterocycles. The minimum absolute atomic E-state index is 0.0235. The lowest BCUT2D eigenvalue weighted by atomic mass is 9.99. The smallest absolute Gasteiger partial charge is 0.243 e. The minimum Gasteiger partial charge on any atom is -0.393 e. The normalized spacial score (nSPS) is 24.9. The summed E-state index contributed by atoms with van der Waals surface area (Å²) in [4.78, 5) is 0.423. The summed E-state index contributed by atoms with van der Waals surface area (Å²) in [5, 5.41) is 9.76. The number of hydrogen-bond acceptors (Lipinski definition) is 3. The molecule has 4 nitrogen and oxygen atoms in total. The number of piperidine rings is 1. The van der Waals surface area contributed by atoms with Crippen molar-refractivity contribution in [3.05, 3.63) is 28.8 Å². The van der Waals surface area contributed by atoms with Crippen LogP contribution in [-0.2, 0) is 10.0 Å². The van der Waals surface area contributed by atoms with Gasteiger partial charge in [-0.2, -0.15) is 4.31 Å². The third kappa shape index (κ3) is 2.75. The van der Waals surface area contributed by atoms with Crippen molar-refractivity contribution in [2.24, 2.45) is 5.92 Å². The van der Waals surface area contributed by atoms with Crippen LogP contribution in [0.15, 0.2) is 17.0 Å². The molecule has 20 heavy (non-hydrogen) atoms. The zero-order valence-electron chi connectivity index (χ0n) is 12.5. The van der Waals surface area contributed by atoms with E-state index in [0.717, 1.165) is 16.7 Å². The Balaban J connectivity index is 2.41. The Kier molecular flexibility index (Phi) is 4.23. The molecule has 0 radical (unpaired) electrons. The van der Waals surface area contributed by atoms with Crippen molar-refractivity contribution >= 4 is 10.0 Å². The van der Waals surface area contributed by atoms with Crippen molar-refractivity contribution in [2.75, 3.05) is 13.1 Å². The van der Waals surface area contributed by atoms with Gasteiger partial charge in [-0.1, -0.05) is 24.6 Å². The van der Waals surface area contributed by atoms with Gasteiger partial charge in [0.1, 0.15) is 0 Å². The molecular formula is C15H23NO3S. The fraction of sp³-hybridized carbons (Fsp3) is 0.600. The van der Waals surface area contributed by atoms with E-state index in [2.05, 4.69) is 0 Å². The number of aliphatic hydroxyl groups is 1. The Morgan fingerprint density at radius 1 is 1.20 bits per heavy atom. The molecule has 1 aliphatic heterocycles. The first kappa shape index (κ1) is 15.5. The second-order valence-electron chi connectivity index (χ2n) is 5.92. The SMILES string of the molecule is Cc1cc(C)c(S(=O)(=O)N2CCC(O)C(C)C2)c(C)c1. The highest BCUT2D eigenvalue weighted by molar-refractivity contribution is 7.89. The number of nitrogens with zero attached hydrogens (tertiary/aromatic N) is 1. The Bertz CT molecular complexity index is 587. The molecule has 1 N–H and O–H groups in total. The first-order valence-corrected chi connectivity index (χ1v) is 8.43. The van der Waals surface area contributed by atoms with E-state index < -0.39 is 16.1 Å². The molecule has 1 aromatic carbocycles. The lowest BCUT2D eigenvalue weighted by Gasteiger charge is -2.34. The van der Waals surface area contributed by atoms with Crippen molar-refractivity contribution in [3.8, 4) is 0 Å². The monoisotopic (exact) mass is 297 g/mol. The highest BCUT2D eigenvalue weighted by Gasteiger charge is 2.34. The quantitative estimate of drug-likeness (QED) is 0.908. The lowest BCUT2D eigenvalue weighted by molar-refractivity contribution is 0.0628. The molecule has 0 amide bonds. The molecule has 0 aromatic heterocycles. The second-order valence-corrected chi connectivity index (χ2v) is 7.80. The van der Waals surface area contributed by atoms with Crippen LogP contribution in [0.2, 0.25) is 0 Å². The van der Waals surface area contributed by atoms with E-state index in [4.69, 9.17) is 0 Å². The molecule has 1 aliphatic rings. The summed E-state index contributed by atoms with van der Waals surface area (Å²) in [6.45, 7) is 8.32. The molecule has 5 heteroatoms. The Morgan fingerprint density at radius 3 is 2.25 bits per heavy atom. The molecule has 0 saturated carbocycles. The van der Waals surface area contributed by atoms with Crippen LogP contribution in [0.3, 0.4) is 0 Å². The predicted molar refractivity (Wildman–Crippen MR) is 79.2 cm³/mol. The Hall–Kier alpha value is -0.910. The van der Waals surface area contributed by atoms with Gasteiger partial charge in [0, 0.05) is 13.1 Å². The van der Waals surface area contributed by atoms with Gasteiger partial charge in [0.05, 0.1) is 11.0 Å². The van der Waals surface area contributed by atoms with Gasteiger partial charge < -0.3 is 5.11 Å². The number of sulfonamides is 1. The van der Waals surface area contributed by atoms with E-state index in [1.54, 1.807) is 0 Å². The maximum Gasteiger partial charge on any atom is 0.243 e. The van der Waals surface area contributed by atoms with Crippen LogP contribution >= 0.6 is 0 Å². The van der Waals surface area contributed by atoms with Gasteiger partial charge in [-0.05, 0) is 44.2 Å². The zero-order valence-corrected chi connectivity index (χ0v) is 13.4. The summed E-state index contributed by atoms with van der Waals surface area (Å²) < 4.78 is 27.2. The van der Waals surface area contributed by atoms with Gasteiger partial charge in [-0.3, -0.25) is 0 Å². The average Bonchev–Trinajstić information content (AvgIpc) is 2.30. The van der Waals surface area contributed by atoms with E-state index in [1.165, 1.54) is 4.31 Å². The molecule has 0 bridgehead atoms. The predicted octanol–water partition coefficient (Wildman–Crippen LogP) is 2.00. The summed E-state index contributed by atoms with van der Waals surface area (Å²) in [5.41, 5.74) is 2.66. The van der Waals surface area contributed by atoms with E-state index in [1.807, 2.05) is 39.8 Å². The molecule has 1 saturated heterocycles. The van der Waals surface area contributed by atoms with Gasteiger partial charge >= 0.3 is 0 Å². The Morgan fingerprint density at radius 2 is 1.75 bits per heavy atom. The minimum atomic E-state index is -3.47. The number of aliphatic hydroxyl groups excluding tert-OH is 1. The molecule has 0 aliphatic carbocycles. The molecule has 112 valence electrons. The van der Waals surface area contributed by atoms with E-state index >= 15 is 0 Å². The number of aryl methyl sites for hydroxylation is 3. The fourth-order valence-corrected chi connectivity index (χ4v) is 4.98. The fourth-order valence-electron chi connectivity index (χ4n) is 3.02. The molecule has 2 rings (SSSR count). The summed E-state index contributed by atoms with van der Waals surface area (Å²) in [5.74, 6) is -0.0235. The zero-order chi connectivity index (χ0) is 15.1. The van der Waals surface area contributed by atoms with Crippen LogP contribution in [-0.4, -0.2) is 37.0 Å². The summed E-state index contributed by atoms with van der Waals surface area (Å²) in [6.07, 6.45) is 0.103. The molecular weight excluding hydrogens is 274 g/mol. The van der Waals surface area contributed by atoms with E-state index in [9.17, 15) is 13.5 Å². The maximum absolute atomic E-state index is 12.8. The largest absolute Gasteiger partial charge is 0.393 e. The van der Waals surface area contributed by atoms with Crippen LogP contribution in [0.25, 0.3) is 0 Å². The van der Waals surface area contributed by atoms with Crippen LogP contribution in [0.4, 0.5) is 0 Å². The maximum atomic E-state index is 12.8. The molecule has 1 fully saturated rings. The third-order valence-electron chi connectivity index (χ3n) is 4.03. The van der Waals surface area contributed by atoms with Gasteiger partial charge in [-0.25, -0.2) is 8.42 Å². The first-order valence-electron chi connectivity index (χ1n) is 6.99. The van der Waals surface area contributed by atoms with Crippen LogP contribution < -0.4 is 0 Å². The number of benzene rings is 1. The molecule has 0 spiro atoms. The Labute approximate surface area is 121 Å². The molecule has 1 aromatic rings. The highest BCUT2D eigenvalue weighted by atomic mass is 32.2. The standard InChI is InChI=1S/C15H23NO3S/c1-10-7-11(2)15(12(3)8-10)20(18,19)16-6-5-14(17)13(4)9-16/h7-8,13-14,17H,5-6,9H2,1-4H3. The van der Waals surface area contributed by atoms with Gasteiger partial charge in [-0.15, -0.1) is 0 Å². The number of rotatable bonds is 2. The average molecular weight is 297 g/mol. The van der Waals surface area contributed by atoms with Crippen LogP contribution in [0, 0.1) is 26.7 Å². The topological polar surface area (TPSA) is 57.6 Å². The highest BCUT2D eigenvalue weighted by Crippen LogP contribution is 2.28. The van der Waals surface area contributed by atoms with Crippen molar-refractivity contribution in [1.29, 1.82) is 0 Å². The van der Waals surface area contributed by atoms with Crippen molar-refractivity contribution in [3.63, 3.8) is 0 Å². The summed E-state index contributed by atoms with van der Waals surface area (Å²) in [6, 6.07) is 3.81. The van der Waals surface area contributed by atoms with Crippen LogP contribution in [0.1, 0.15) is 30.0 Å². The molecule has 2 atom stereocenters. The van der Waals surface area contributed by atoms with E-state index in [-0.39, 0.29) is 5.92 Å². The summed E-state index contributed by atoms with van der Waals surface area (Å²) in [7, 11) is -3.47. The van der Waals surface area contributed by atoms with Gasteiger partial charge in [0.25, 0.3) is 0 Å². The van der Waals surface area contributed by atoms with Gasteiger partial charge in [0.2, 0.25) is 10.0 Å². The van der Waals surface area contributed by atoms with Crippen molar-refractivity contribution in [1.82, 2.24) is 4.31 Å². The lowest BCUT2D eigenvalue weighted by Crippen LogP contribution is -2.45. The van der Waals surface area contributed by atoms with Crippen LogP contribution in [0.5, 0.6) is 0 Å². The van der Waals surface area contributed by atoms with E-state index in [0.29, 0.717) is 24.4 Å². The first-order chi connectivity index (χ1) is 9.23. The third-order valence-corrected chi connectivity index (χ3v) is 6.20. The van der Waals surface area contributed by atoms with Gasteiger partial charge in [0.15, 0.2) is 0 Å².